The molecule has 1 aliphatic rings. The molecule has 0 fully saturated rings. The number of benzene rings is 2. The molecule has 0 atom stereocenters. The van der Waals surface area contributed by atoms with Gasteiger partial charge in [-0.05, 0) is 58.4 Å². The number of sulfonamides is 1. The Balaban J connectivity index is 1.96. The minimum Gasteiger partial charge on any atom is -0.490 e. The largest absolute Gasteiger partial charge is 0.490 e. The van der Waals surface area contributed by atoms with Gasteiger partial charge in [-0.25, -0.2) is 8.42 Å². The Kier molecular flexibility index (Phi) is 5.14. The lowest BCUT2D eigenvalue weighted by Gasteiger charge is -2.26. The van der Waals surface area contributed by atoms with Gasteiger partial charge in [0.05, 0.1) is 21.7 Å². The lowest BCUT2D eigenvalue weighted by atomic mass is 9.93. The third-order valence-electron chi connectivity index (χ3n) is 4.85. The van der Waals surface area contributed by atoms with E-state index in [0.717, 1.165) is 5.56 Å². The monoisotopic (exact) mass is 402 g/mol. The number of nitrogens with zero attached hydrogens (tertiary/aromatic N) is 1. The minimum absolute atomic E-state index is 0.0163. The second-order valence-corrected chi connectivity index (χ2v) is 9.43. The first kappa shape index (κ1) is 20.2. The number of carbonyl (C=O) groups excluding carboxylic acids is 1. The number of hydrogen-bond acceptors (Lipinski definition) is 4. The summed E-state index contributed by atoms with van der Waals surface area (Å²) < 4.78 is 34.1. The number of ether oxygens (including phenoxy) is 1. The topological polar surface area (TPSA) is 75.7 Å². The molecule has 0 spiro atoms. The van der Waals surface area contributed by atoms with Gasteiger partial charge in [0.1, 0.15) is 12.4 Å². The third-order valence-corrected chi connectivity index (χ3v) is 6.39. The predicted molar refractivity (Wildman–Crippen MR) is 110 cm³/mol. The van der Waals surface area contributed by atoms with Gasteiger partial charge in [0, 0.05) is 12.6 Å². The Hall–Kier alpha value is -2.54. The van der Waals surface area contributed by atoms with Crippen molar-refractivity contribution in [3.05, 3.63) is 47.5 Å². The lowest BCUT2D eigenvalue weighted by molar-refractivity contribution is -0.127. The molecule has 2 aromatic carbocycles. The maximum absolute atomic E-state index is 12.8. The van der Waals surface area contributed by atoms with E-state index in [9.17, 15) is 13.2 Å². The van der Waals surface area contributed by atoms with Crippen molar-refractivity contribution in [3.63, 3.8) is 0 Å². The fourth-order valence-corrected chi connectivity index (χ4v) is 4.61. The van der Waals surface area contributed by atoms with E-state index >= 15 is 0 Å². The quantitative estimate of drug-likeness (QED) is 0.842. The van der Waals surface area contributed by atoms with E-state index in [4.69, 9.17) is 4.74 Å². The van der Waals surface area contributed by atoms with E-state index < -0.39 is 15.4 Å². The van der Waals surface area contributed by atoms with Gasteiger partial charge >= 0.3 is 0 Å². The van der Waals surface area contributed by atoms with Crippen LogP contribution in [0.2, 0.25) is 0 Å². The van der Waals surface area contributed by atoms with Gasteiger partial charge in [0.25, 0.3) is 10.0 Å². The average Bonchev–Trinajstić information content (AvgIpc) is 2.69. The maximum Gasteiger partial charge on any atom is 0.262 e. The second kappa shape index (κ2) is 7.13. The highest BCUT2D eigenvalue weighted by Gasteiger charge is 2.37. The van der Waals surface area contributed by atoms with Crippen LogP contribution in [0.1, 0.15) is 31.9 Å². The summed E-state index contributed by atoms with van der Waals surface area (Å²) in [6.07, 6.45) is 0. The van der Waals surface area contributed by atoms with Gasteiger partial charge in [-0.15, -0.1) is 0 Å². The van der Waals surface area contributed by atoms with Crippen molar-refractivity contribution in [1.29, 1.82) is 0 Å². The Bertz CT molecular complexity index is 1030. The molecule has 1 amide bonds. The number of carbonyl (C=O) groups is 1. The zero-order valence-corrected chi connectivity index (χ0v) is 17.7. The van der Waals surface area contributed by atoms with Crippen LogP contribution in [0, 0.1) is 19.3 Å². The molecule has 0 unspecified atom stereocenters. The Morgan fingerprint density at radius 2 is 1.86 bits per heavy atom. The predicted octanol–water partition coefficient (Wildman–Crippen LogP) is 3.88. The average molecular weight is 403 g/mol. The lowest BCUT2D eigenvalue weighted by Crippen LogP contribution is -2.42. The fraction of sp³-hybridized carbons (Fsp3) is 0.381. The van der Waals surface area contributed by atoms with Gasteiger partial charge < -0.3 is 9.64 Å². The van der Waals surface area contributed by atoms with E-state index in [2.05, 4.69) is 4.72 Å². The van der Waals surface area contributed by atoms with Crippen molar-refractivity contribution in [3.8, 4) is 5.75 Å². The number of rotatable bonds is 4. The normalized spacial score (nSPS) is 16.2. The standard InChI is InChI=1S/C21H26N2O4S/c1-6-23-17-9-8-16(12-18(17)27-13-21(4,5)20(23)24)22-28(25,26)19-10-7-14(2)11-15(19)3/h7-12,22H,6,13H2,1-5H3. The third kappa shape index (κ3) is 3.71. The highest BCUT2D eigenvalue weighted by molar-refractivity contribution is 7.92. The summed E-state index contributed by atoms with van der Waals surface area (Å²) >= 11 is 0. The first-order valence-electron chi connectivity index (χ1n) is 9.24. The molecule has 0 bridgehead atoms. The molecule has 1 aliphatic heterocycles. The molecule has 28 heavy (non-hydrogen) atoms. The molecule has 1 heterocycles. The van der Waals surface area contributed by atoms with Crippen LogP contribution in [0.3, 0.4) is 0 Å². The molecule has 0 radical (unpaired) electrons. The van der Waals surface area contributed by atoms with E-state index in [0.29, 0.717) is 29.2 Å². The molecule has 7 heteroatoms. The van der Waals surface area contributed by atoms with Gasteiger partial charge in [0.2, 0.25) is 5.91 Å². The van der Waals surface area contributed by atoms with Crippen LogP contribution in [0.15, 0.2) is 41.3 Å². The molecule has 6 nitrogen and oxygen atoms in total. The Labute approximate surface area is 166 Å². The van der Waals surface area contributed by atoms with E-state index in [-0.39, 0.29) is 17.4 Å². The summed E-state index contributed by atoms with van der Waals surface area (Å²) in [7, 11) is -3.74. The summed E-state index contributed by atoms with van der Waals surface area (Å²) in [6.45, 7) is 10.0. The van der Waals surface area contributed by atoms with Crippen molar-refractivity contribution in [1.82, 2.24) is 0 Å². The van der Waals surface area contributed by atoms with Crippen LogP contribution in [0.5, 0.6) is 5.75 Å². The van der Waals surface area contributed by atoms with Gasteiger partial charge in [-0.2, -0.15) is 0 Å². The highest BCUT2D eigenvalue weighted by Crippen LogP contribution is 2.38. The van der Waals surface area contributed by atoms with Crippen LogP contribution in [0.25, 0.3) is 0 Å². The molecule has 0 saturated heterocycles. The number of nitrogens with one attached hydrogen (secondary N) is 1. The van der Waals surface area contributed by atoms with E-state index in [1.807, 2.05) is 33.8 Å². The molecule has 0 aromatic heterocycles. The first-order chi connectivity index (χ1) is 13.0. The zero-order chi connectivity index (χ0) is 20.7. The SMILES string of the molecule is CCN1C(=O)C(C)(C)COc2cc(NS(=O)(=O)c3ccc(C)cc3C)ccc21. The molecular weight excluding hydrogens is 376 g/mol. The van der Waals surface area contributed by atoms with Crippen molar-refractivity contribution in [2.24, 2.45) is 5.41 Å². The van der Waals surface area contributed by atoms with Crippen molar-refractivity contribution < 1.29 is 17.9 Å². The summed E-state index contributed by atoms with van der Waals surface area (Å²) in [6, 6.07) is 10.2. The highest BCUT2D eigenvalue weighted by atomic mass is 32.2. The van der Waals surface area contributed by atoms with E-state index in [1.165, 1.54) is 0 Å². The van der Waals surface area contributed by atoms with Gasteiger partial charge in [-0.1, -0.05) is 17.7 Å². The molecule has 0 saturated carbocycles. The minimum atomic E-state index is -3.74. The summed E-state index contributed by atoms with van der Waals surface area (Å²) in [4.78, 5) is 14.7. The number of aryl methyl sites for hydroxylation is 2. The van der Waals surface area contributed by atoms with Crippen LogP contribution < -0.4 is 14.4 Å². The van der Waals surface area contributed by atoms with Crippen molar-refractivity contribution >= 4 is 27.3 Å². The smallest absolute Gasteiger partial charge is 0.262 e. The molecular formula is C21H26N2O4S. The van der Waals surface area contributed by atoms with E-state index in [1.54, 1.807) is 42.2 Å². The number of anilines is 2. The first-order valence-corrected chi connectivity index (χ1v) is 10.7. The number of hydrogen-bond donors (Lipinski definition) is 1. The molecule has 1 N–H and O–H groups in total. The molecule has 3 rings (SSSR count). The second-order valence-electron chi connectivity index (χ2n) is 7.78. The Morgan fingerprint density at radius 1 is 1.14 bits per heavy atom. The summed E-state index contributed by atoms with van der Waals surface area (Å²) in [5.74, 6) is 0.471. The summed E-state index contributed by atoms with van der Waals surface area (Å²) in [5, 5.41) is 0. The molecule has 2 aromatic rings. The number of fused-ring (bicyclic) bond motifs is 1. The Morgan fingerprint density at radius 3 is 2.50 bits per heavy atom. The fourth-order valence-electron chi connectivity index (χ4n) is 3.34. The maximum atomic E-state index is 12.8. The van der Waals surface area contributed by atoms with Crippen molar-refractivity contribution in [2.75, 3.05) is 22.8 Å². The van der Waals surface area contributed by atoms with Crippen LogP contribution >= 0.6 is 0 Å². The van der Waals surface area contributed by atoms with Gasteiger partial charge in [-0.3, -0.25) is 9.52 Å². The van der Waals surface area contributed by atoms with Crippen LogP contribution in [-0.4, -0.2) is 27.5 Å². The summed E-state index contributed by atoms with van der Waals surface area (Å²) in [5.41, 5.74) is 2.06. The van der Waals surface area contributed by atoms with Crippen LogP contribution in [-0.2, 0) is 14.8 Å². The zero-order valence-electron chi connectivity index (χ0n) is 16.9. The van der Waals surface area contributed by atoms with Gasteiger partial charge in [0.15, 0.2) is 0 Å². The van der Waals surface area contributed by atoms with Crippen molar-refractivity contribution in [2.45, 2.75) is 39.5 Å². The number of amides is 1. The van der Waals surface area contributed by atoms with Crippen LogP contribution in [0.4, 0.5) is 11.4 Å². The molecule has 150 valence electrons. The molecule has 0 aliphatic carbocycles.